The van der Waals surface area contributed by atoms with E-state index in [-0.39, 0.29) is 23.8 Å². The zero-order valence-corrected chi connectivity index (χ0v) is 16.6. The summed E-state index contributed by atoms with van der Waals surface area (Å²) in [5.41, 5.74) is 3.07. The molecule has 2 aromatic carbocycles. The first kappa shape index (κ1) is 18.4. The van der Waals surface area contributed by atoms with E-state index in [0.717, 1.165) is 22.7 Å². The number of methoxy groups -OCH3 is 1. The summed E-state index contributed by atoms with van der Waals surface area (Å²) in [6.07, 6.45) is 0.490. The summed E-state index contributed by atoms with van der Waals surface area (Å²) >= 11 is 0. The molecule has 0 radical (unpaired) electrons. The fourth-order valence-corrected chi connectivity index (χ4v) is 4.29. The molecule has 5 rings (SSSR count). The molecule has 0 unspecified atom stereocenters. The molecular weight excluding hydrogens is 380 g/mol. The van der Waals surface area contributed by atoms with Crippen LogP contribution in [0.3, 0.4) is 0 Å². The van der Waals surface area contributed by atoms with E-state index < -0.39 is 0 Å². The van der Waals surface area contributed by atoms with Crippen LogP contribution in [0.5, 0.6) is 5.75 Å². The Morgan fingerprint density at radius 2 is 1.87 bits per heavy atom. The van der Waals surface area contributed by atoms with Crippen molar-refractivity contribution in [1.29, 1.82) is 0 Å². The van der Waals surface area contributed by atoms with Crippen LogP contribution in [0.4, 0.5) is 0 Å². The number of aromatic nitrogens is 2. The summed E-state index contributed by atoms with van der Waals surface area (Å²) < 4.78 is 7.05. The number of fused-ring (bicyclic) bond motifs is 1. The standard InChI is InChI=1S/C23H22N4O3/c1-30-18-9-7-17(8-10-18)27-21(15-5-3-2-4-6-15)12-19(25-27)23(29)26-13-16-11-22(28)24-20(16)14-26/h2-10,12,16,20H,11,13-14H2,1H3,(H,24,28)/t16-,20+/m0/s1. The molecule has 152 valence electrons. The second-order valence-corrected chi connectivity index (χ2v) is 7.74. The minimum atomic E-state index is -0.108. The van der Waals surface area contributed by atoms with Crippen LogP contribution in [-0.4, -0.2) is 52.7 Å². The Morgan fingerprint density at radius 3 is 2.57 bits per heavy atom. The summed E-state index contributed by atoms with van der Waals surface area (Å²) in [7, 11) is 1.63. The molecule has 2 fully saturated rings. The van der Waals surface area contributed by atoms with E-state index in [1.807, 2.05) is 60.7 Å². The van der Waals surface area contributed by atoms with Crippen LogP contribution in [0.1, 0.15) is 16.9 Å². The van der Waals surface area contributed by atoms with E-state index in [2.05, 4.69) is 10.4 Å². The number of hydrogen-bond donors (Lipinski definition) is 1. The van der Waals surface area contributed by atoms with Gasteiger partial charge >= 0.3 is 0 Å². The monoisotopic (exact) mass is 402 g/mol. The van der Waals surface area contributed by atoms with Crippen LogP contribution in [0.15, 0.2) is 60.7 Å². The molecule has 0 saturated carbocycles. The number of ether oxygens (including phenoxy) is 1. The number of carbonyl (C=O) groups excluding carboxylic acids is 2. The molecule has 2 aliphatic heterocycles. The minimum absolute atomic E-state index is 0.0544. The van der Waals surface area contributed by atoms with E-state index in [0.29, 0.717) is 25.2 Å². The first-order valence-electron chi connectivity index (χ1n) is 10.0. The maximum atomic E-state index is 13.2. The van der Waals surface area contributed by atoms with Gasteiger partial charge in [0.25, 0.3) is 5.91 Å². The molecule has 30 heavy (non-hydrogen) atoms. The topological polar surface area (TPSA) is 76.5 Å². The molecule has 3 aromatic rings. The number of nitrogens with zero attached hydrogens (tertiary/aromatic N) is 3. The Morgan fingerprint density at radius 1 is 1.10 bits per heavy atom. The molecule has 0 aliphatic carbocycles. The van der Waals surface area contributed by atoms with Crippen LogP contribution in [0.2, 0.25) is 0 Å². The summed E-state index contributed by atoms with van der Waals surface area (Å²) in [6, 6.07) is 19.4. The highest BCUT2D eigenvalue weighted by Gasteiger charge is 2.42. The smallest absolute Gasteiger partial charge is 0.274 e. The number of rotatable bonds is 4. The summed E-state index contributed by atoms with van der Waals surface area (Å²) in [5, 5.41) is 7.62. The lowest BCUT2D eigenvalue weighted by atomic mass is 10.1. The third kappa shape index (κ3) is 3.22. The van der Waals surface area contributed by atoms with Gasteiger partial charge in [-0.25, -0.2) is 4.68 Å². The molecule has 0 spiro atoms. The molecule has 1 N–H and O–H groups in total. The average Bonchev–Trinajstić information content (AvgIpc) is 3.47. The Kier molecular flexibility index (Phi) is 4.50. The zero-order chi connectivity index (χ0) is 20.7. The molecule has 7 heteroatoms. The van der Waals surface area contributed by atoms with Gasteiger partial charge in [-0.3, -0.25) is 9.59 Å². The van der Waals surface area contributed by atoms with Crippen molar-refractivity contribution in [3.63, 3.8) is 0 Å². The van der Waals surface area contributed by atoms with Gasteiger partial charge in [0.15, 0.2) is 5.69 Å². The van der Waals surface area contributed by atoms with Crippen molar-refractivity contribution in [3.8, 4) is 22.7 Å². The maximum Gasteiger partial charge on any atom is 0.274 e. The predicted octanol–water partition coefficient (Wildman–Crippen LogP) is 2.51. The molecule has 2 saturated heterocycles. The summed E-state index contributed by atoms with van der Waals surface area (Å²) in [5.74, 6) is 0.920. The van der Waals surface area contributed by atoms with E-state index in [1.165, 1.54) is 0 Å². The van der Waals surface area contributed by atoms with E-state index >= 15 is 0 Å². The summed E-state index contributed by atoms with van der Waals surface area (Å²) in [6.45, 7) is 1.11. The van der Waals surface area contributed by atoms with Gasteiger partial charge in [-0.2, -0.15) is 5.10 Å². The number of nitrogens with one attached hydrogen (secondary N) is 1. The van der Waals surface area contributed by atoms with Crippen LogP contribution >= 0.6 is 0 Å². The Labute approximate surface area is 174 Å². The third-order valence-corrected chi connectivity index (χ3v) is 5.84. The average molecular weight is 402 g/mol. The number of amides is 2. The number of likely N-dealkylation sites (tertiary alicyclic amines) is 1. The van der Waals surface area contributed by atoms with Gasteiger partial charge in [0.05, 0.1) is 24.5 Å². The van der Waals surface area contributed by atoms with Crippen LogP contribution in [0, 0.1) is 5.92 Å². The highest BCUT2D eigenvalue weighted by molar-refractivity contribution is 5.94. The lowest BCUT2D eigenvalue weighted by Crippen LogP contribution is -2.35. The molecule has 2 aliphatic rings. The zero-order valence-electron chi connectivity index (χ0n) is 16.6. The van der Waals surface area contributed by atoms with Crippen molar-refractivity contribution < 1.29 is 14.3 Å². The lowest BCUT2D eigenvalue weighted by molar-refractivity contribution is -0.119. The van der Waals surface area contributed by atoms with Crippen LogP contribution in [-0.2, 0) is 4.79 Å². The highest BCUT2D eigenvalue weighted by atomic mass is 16.5. The van der Waals surface area contributed by atoms with Crippen molar-refractivity contribution in [2.24, 2.45) is 5.92 Å². The number of benzene rings is 2. The fraction of sp³-hybridized carbons (Fsp3) is 0.261. The van der Waals surface area contributed by atoms with Crippen molar-refractivity contribution in [2.45, 2.75) is 12.5 Å². The maximum absolute atomic E-state index is 13.2. The first-order valence-corrected chi connectivity index (χ1v) is 10.0. The Bertz CT molecular complexity index is 1080. The van der Waals surface area contributed by atoms with E-state index in [1.54, 1.807) is 16.7 Å². The minimum Gasteiger partial charge on any atom is -0.497 e. The molecule has 2 atom stereocenters. The van der Waals surface area contributed by atoms with Gasteiger partial charge in [0, 0.05) is 31.0 Å². The van der Waals surface area contributed by atoms with Crippen molar-refractivity contribution in [2.75, 3.05) is 20.2 Å². The third-order valence-electron chi connectivity index (χ3n) is 5.84. The second kappa shape index (κ2) is 7.33. The SMILES string of the molecule is COc1ccc(-n2nc(C(=O)N3C[C@@H]4CC(=O)N[C@@H]4C3)cc2-c2ccccc2)cc1. The van der Waals surface area contributed by atoms with E-state index in [4.69, 9.17) is 4.74 Å². The normalized spacial score (nSPS) is 20.2. The molecule has 3 heterocycles. The Hall–Kier alpha value is -3.61. The van der Waals surface area contributed by atoms with Gasteiger partial charge in [-0.15, -0.1) is 0 Å². The predicted molar refractivity (Wildman–Crippen MR) is 111 cm³/mol. The second-order valence-electron chi connectivity index (χ2n) is 7.74. The molecule has 2 amide bonds. The lowest BCUT2D eigenvalue weighted by Gasteiger charge is -2.15. The molecule has 1 aromatic heterocycles. The first-order chi connectivity index (χ1) is 14.6. The van der Waals surface area contributed by atoms with Crippen molar-refractivity contribution in [1.82, 2.24) is 20.0 Å². The van der Waals surface area contributed by atoms with E-state index in [9.17, 15) is 9.59 Å². The molecule has 0 bridgehead atoms. The largest absolute Gasteiger partial charge is 0.497 e. The highest BCUT2D eigenvalue weighted by Crippen LogP contribution is 2.29. The van der Waals surface area contributed by atoms with Gasteiger partial charge in [-0.1, -0.05) is 30.3 Å². The number of carbonyl (C=O) groups is 2. The quantitative estimate of drug-likeness (QED) is 0.728. The fourth-order valence-electron chi connectivity index (χ4n) is 4.29. The van der Waals surface area contributed by atoms with Gasteiger partial charge in [-0.05, 0) is 30.3 Å². The Balaban J connectivity index is 1.49. The van der Waals surface area contributed by atoms with Gasteiger partial charge in [0.2, 0.25) is 5.91 Å². The van der Waals surface area contributed by atoms with Crippen molar-refractivity contribution in [3.05, 3.63) is 66.4 Å². The van der Waals surface area contributed by atoms with Gasteiger partial charge in [0.1, 0.15) is 5.75 Å². The molecular formula is C23H22N4O3. The number of hydrogen-bond acceptors (Lipinski definition) is 4. The van der Waals surface area contributed by atoms with Crippen LogP contribution < -0.4 is 10.1 Å². The summed E-state index contributed by atoms with van der Waals surface area (Å²) in [4.78, 5) is 26.6. The molecule has 7 nitrogen and oxygen atoms in total. The van der Waals surface area contributed by atoms with Gasteiger partial charge < -0.3 is 15.0 Å². The van der Waals surface area contributed by atoms with Crippen LogP contribution in [0.25, 0.3) is 16.9 Å². The van der Waals surface area contributed by atoms with Crippen molar-refractivity contribution >= 4 is 11.8 Å².